The van der Waals surface area contributed by atoms with Gasteiger partial charge >= 0.3 is 0 Å². The van der Waals surface area contributed by atoms with Crippen molar-refractivity contribution in [2.24, 2.45) is 0 Å². The predicted molar refractivity (Wildman–Crippen MR) is 67.5 cm³/mol. The van der Waals surface area contributed by atoms with Gasteiger partial charge < -0.3 is 5.32 Å². The normalized spacial score (nSPS) is 13.2. The zero-order valence-electron chi connectivity index (χ0n) is 10.6. The molecule has 1 atom stereocenters. The smallest absolute Gasteiger partial charge is 0.207 e. The molecule has 0 spiro atoms. The maximum absolute atomic E-state index is 10.3. The molecule has 2 heteroatoms. The summed E-state index contributed by atoms with van der Waals surface area (Å²) < 4.78 is 0. The quantitative estimate of drug-likeness (QED) is 0.775. The Bertz CT molecular complexity index is 335. The largest absolute Gasteiger partial charge is 0.356 e. The summed E-state index contributed by atoms with van der Waals surface area (Å²) in [5, 5.41) is 2.76. The zero-order chi connectivity index (χ0) is 12.2. The van der Waals surface area contributed by atoms with E-state index in [0.717, 1.165) is 12.8 Å². The topological polar surface area (TPSA) is 29.1 Å². The van der Waals surface area contributed by atoms with E-state index in [4.69, 9.17) is 0 Å². The number of rotatable bonds is 4. The molecule has 0 aliphatic carbocycles. The third-order valence-electron chi connectivity index (χ3n) is 2.71. The highest BCUT2D eigenvalue weighted by Crippen LogP contribution is 2.22. The molecule has 0 bridgehead atoms. The molecule has 0 saturated heterocycles. The van der Waals surface area contributed by atoms with Crippen LogP contribution >= 0.6 is 0 Å². The lowest BCUT2D eigenvalue weighted by atomic mass is 9.86. The van der Waals surface area contributed by atoms with Crippen LogP contribution in [0.25, 0.3) is 0 Å². The minimum atomic E-state index is 0.193. The van der Waals surface area contributed by atoms with Crippen molar-refractivity contribution >= 4 is 6.41 Å². The minimum Gasteiger partial charge on any atom is -0.356 e. The Morgan fingerprint density at radius 3 is 2.25 bits per heavy atom. The second kappa shape index (κ2) is 5.15. The van der Waals surface area contributed by atoms with Crippen LogP contribution in [0.15, 0.2) is 24.3 Å². The summed E-state index contributed by atoms with van der Waals surface area (Å²) in [7, 11) is 0. The minimum absolute atomic E-state index is 0.193. The van der Waals surface area contributed by atoms with E-state index in [1.807, 2.05) is 6.92 Å². The lowest BCUT2D eigenvalue weighted by Crippen LogP contribution is -2.26. The molecule has 1 N–H and O–H groups in total. The molecule has 0 aliphatic heterocycles. The SMILES string of the molecule is CC(Cc1ccc(C(C)(C)C)cc1)NC=O. The summed E-state index contributed by atoms with van der Waals surface area (Å²) in [4.78, 5) is 10.3. The molecule has 1 unspecified atom stereocenters. The van der Waals surface area contributed by atoms with E-state index in [1.54, 1.807) is 0 Å². The molecule has 0 radical (unpaired) electrons. The predicted octanol–water partition coefficient (Wildman–Crippen LogP) is 2.66. The van der Waals surface area contributed by atoms with Gasteiger partial charge in [0.2, 0.25) is 6.41 Å². The maximum atomic E-state index is 10.3. The first kappa shape index (κ1) is 12.8. The molecule has 1 rings (SSSR count). The molecule has 0 aliphatic rings. The van der Waals surface area contributed by atoms with Gasteiger partial charge in [-0.1, -0.05) is 45.0 Å². The van der Waals surface area contributed by atoms with Crippen molar-refractivity contribution in [2.45, 2.75) is 45.6 Å². The van der Waals surface area contributed by atoms with E-state index < -0.39 is 0 Å². The molecule has 16 heavy (non-hydrogen) atoms. The van der Waals surface area contributed by atoms with Crippen molar-refractivity contribution in [3.63, 3.8) is 0 Å². The molecule has 0 fully saturated rings. The highest BCUT2D eigenvalue weighted by Gasteiger charge is 2.13. The van der Waals surface area contributed by atoms with Crippen LogP contribution in [0.3, 0.4) is 0 Å². The highest BCUT2D eigenvalue weighted by atomic mass is 16.1. The number of nitrogens with one attached hydrogen (secondary N) is 1. The van der Waals surface area contributed by atoms with Crippen LogP contribution in [0.1, 0.15) is 38.8 Å². The standard InChI is InChI=1S/C14H21NO/c1-11(15-10-16)9-12-5-7-13(8-6-12)14(2,3)4/h5-8,10-11H,9H2,1-4H3,(H,15,16). The second-order valence-electron chi connectivity index (χ2n) is 5.34. The Morgan fingerprint density at radius 1 is 1.25 bits per heavy atom. The van der Waals surface area contributed by atoms with Crippen LogP contribution in [0.2, 0.25) is 0 Å². The van der Waals surface area contributed by atoms with Crippen LogP contribution in [-0.4, -0.2) is 12.5 Å². The summed E-state index contributed by atoms with van der Waals surface area (Å²) in [5.41, 5.74) is 2.80. The average Bonchev–Trinajstić information content (AvgIpc) is 2.17. The third kappa shape index (κ3) is 3.69. The third-order valence-corrected chi connectivity index (χ3v) is 2.71. The molecule has 2 nitrogen and oxygen atoms in total. The van der Waals surface area contributed by atoms with Crippen molar-refractivity contribution in [2.75, 3.05) is 0 Å². The molecular formula is C14H21NO. The van der Waals surface area contributed by atoms with Gasteiger partial charge in [0, 0.05) is 6.04 Å². The van der Waals surface area contributed by atoms with E-state index in [-0.39, 0.29) is 11.5 Å². The lowest BCUT2D eigenvalue weighted by Gasteiger charge is -2.19. The van der Waals surface area contributed by atoms with Gasteiger partial charge in [-0.2, -0.15) is 0 Å². The summed E-state index contributed by atoms with van der Waals surface area (Å²) in [6, 6.07) is 8.82. The van der Waals surface area contributed by atoms with Gasteiger partial charge in [0.05, 0.1) is 0 Å². The van der Waals surface area contributed by atoms with Gasteiger partial charge in [0.1, 0.15) is 0 Å². The molecule has 0 heterocycles. The van der Waals surface area contributed by atoms with Crippen molar-refractivity contribution in [3.05, 3.63) is 35.4 Å². The van der Waals surface area contributed by atoms with Crippen LogP contribution in [-0.2, 0) is 16.6 Å². The Balaban J connectivity index is 2.68. The summed E-state index contributed by atoms with van der Waals surface area (Å²) in [6.07, 6.45) is 1.64. The zero-order valence-corrected chi connectivity index (χ0v) is 10.6. The Kier molecular flexibility index (Phi) is 4.11. The lowest BCUT2D eigenvalue weighted by molar-refractivity contribution is -0.110. The fourth-order valence-corrected chi connectivity index (χ4v) is 1.67. The number of carbonyl (C=O) groups is 1. The highest BCUT2D eigenvalue weighted by molar-refractivity contribution is 5.46. The van der Waals surface area contributed by atoms with Gasteiger partial charge in [0.25, 0.3) is 0 Å². The maximum Gasteiger partial charge on any atom is 0.207 e. The molecule has 1 aromatic carbocycles. The average molecular weight is 219 g/mol. The number of amides is 1. The number of benzene rings is 1. The molecule has 0 saturated carbocycles. The van der Waals surface area contributed by atoms with Crippen molar-refractivity contribution < 1.29 is 4.79 Å². The molecular weight excluding hydrogens is 198 g/mol. The van der Waals surface area contributed by atoms with E-state index in [9.17, 15) is 4.79 Å². The van der Waals surface area contributed by atoms with Crippen LogP contribution < -0.4 is 5.32 Å². The van der Waals surface area contributed by atoms with E-state index >= 15 is 0 Å². The number of carbonyl (C=O) groups excluding carboxylic acids is 1. The molecule has 1 aromatic rings. The second-order valence-corrected chi connectivity index (χ2v) is 5.34. The fourth-order valence-electron chi connectivity index (χ4n) is 1.67. The summed E-state index contributed by atoms with van der Waals surface area (Å²) in [6.45, 7) is 8.63. The van der Waals surface area contributed by atoms with Gasteiger partial charge in [-0.15, -0.1) is 0 Å². The molecule has 1 amide bonds. The van der Waals surface area contributed by atoms with Gasteiger partial charge in [0.15, 0.2) is 0 Å². The fraction of sp³-hybridized carbons (Fsp3) is 0.500. The van der Waals surface area contributed by atoms with E-state index in [2.05, 4.69) is 50.4 Å². The Morgan fingerprint density at radius 2 is 1.81 bits per heavy atom. The molecule has 0 aromatic heterocycles. The van der Waals surface area contributed by atoms with Crippen LogP contribution in [0.4, 0.5) is 0 Å². The van der Waals surface area contributed by atoms with Crippen LogP contribution in [0.5, 0.6) is 0 Å². The number of hydrogen-bond donors (Lipinski definition) is 1. The first-order chi connectivity index (χ1) is 7.43. The monoisotopic (exact) mass is 219 g/mol. The summed E-state index contributed by atoms with van der Waals surface area (Å²) in [5.74, 6) is 0. The van der Waals surface area contributed by atoms with Crippen molar-refractivity contribution in [1.82, 2.24) is 5.32 Å². The van der Waals surface area contributed by atoms with E-state index in [0.29, 0.717) is 0 Å². The first-order valence-electron chi connectivity index (χ1n) is 5.72. The van der Waals surface area contributed by atoms with Crippen molar-refractivity contribution in [1.29, 1.82) is 0 Å². The Labute approximate surface area is 98.1 Å². The summed E-state index contributed by atoms with van der Waals surface area (Å²) >= 11 is 0. The number of hydrogen-bond acceptors (Lipinski definition) is 1. The first-order valence-corrected chi connectivity index (χ1v) is 5.72. The molecule has 88 valence electrons. The van der Waals surface area contributed by atoms with Crippen LogP contribution in [0, 0.1) is 0 Å². The van der Waals surface area contributed by atoms with Gasteiger partial charge in [-0.05, 0) is 29.9 Å². The van der Waals surface area contributed by atoms with Gasteiger partial charge in [-0.25, -0.2) is 0 Å². The van der Waals surface area contributed by atoms with Crippen molar-refractivity contribution in [3.8, 4) is 0 Å². The van der Waals surface area contributed by atoms with Gasteiger partial charge in [-0.3, -0.25) is 4.79 Å². The Hall–Kier alpha value is -1.31. The van der Waals surface area contributed by atoms with E-state index in [1.165, 1.54) is 11.1 Å².